The largest absolute Gasteiger partial charge is 0.481 e. The second kappa shape index (κ2) is 12.0. The van der Waals surface area contributed by atoms with Crippen molar-refractivity contribution in [3.05, 3.63) is 17.3 Å². The van der Waals surface area contributed by atoms with Crippen LogP contribution in [0.15, 0.2) is 11.6 Å². The van der Waals surface area contributed by atoms with E-state index >= 15 is 0 Å². The molecule has 2 heterocycles. The molecule has 7 N–H and O–H groups in total. The highest BCUT2D eigenvalue weighted by atomic mass is 16.5. The lowest BCUT2D eigenvalue weighted by Gasteiger charge is -2.71. The van der Waals surface area contributed by atoms with Crippen molar-refractivity contribution in [1.82, 2.24) is 15.0 Å². The molecule has 1 aliphatic heterocycles. The van der Waals surface area contributed by atoms with Gasteiger partial charge in [-0.15, -0.1) is 10.2 Å². The van der Waals surface area contributed by atoms with Crippen LogP contribution in [-0.4, -0.2) is 63.4 Å². The highest BCUT2D eigenvalue weighted by molar-refractivity contribution is 5.94. The van der Waals surface area contributed by atoms with E-state index in [1.54, 1.807) is 4.80 Å². The zero-order valence-corrected chi connectivity index (χ0v) is 32.2. The number of carbonyl (C=O) groups is 2. The van der Waals surface area contributed by atoms with E-state index in [4.69, 9.17) is 26.7 Å². The predicted octanol–water partition coefficient (Wildman–Crippen LogP) is 5.85. The van der Waals surface area contributed by atoms with Crippen molar-refractivity contribution in [1.29, 1.82) is 0 Å². The zero-order valence-electron chi connectivity index (χ0n) is 32.2. The summed E-state index contributed by atoms with van der Waals surface area (Å²) in [6, 6.07) is -0.354. The number of carboxylic acids is 1. The molecule has 1 amide bonds. The fourth-order valence-corrected chi connectivity index (χ4v) is 12.2. The predicted molar refractivity (Wildman–Crippen MR) is 193 cm³/mol. The van der Waals surface area contributed by atoms with Crippen molar-refractivity contribution >= 4 is 17.7 Å². The van der Waals surface area contributed by atoms with Crippen LogP contribution < -0.4 is 17.2 Å². The third-order valence-electron chi connectivity index (χ3n) is 16.2. The van der Waals surface area contributed by atoms with Gasteiger partial charge in [0.2, 0.25) is 0 Å². The summed E-state index contributed by atoms with van der Waals surface area (Å²) in [5, 5.41) is 20.2. The molecular formula is C39H64N6O5. The fourth-order valence-electron chi connectivity index (χ4n) is 12.2. The molecule has 2 bridgehead atoms. The van der Waals surface area contributed by atoms with Crippen LogP contribution in [0.1, 0.15) is 124 Å². The van der Waals surface area contributed by atoms with Gasteiger partial charge in [-0.05, 0) is 91.3 Å². The Morgan fingerprint density at radius 1 is 1.08 bits per heavy atom. The summed E-state index contributed by atoms with van der Waals surface area (Å²) < 4.78 is 13.6. The van der Waals surface area contributed by atoms with Gasteiger partial charge in [0.25, 0.3) is 5.91 Å². The number of hydrogen-bond donors (Lipinski definition) is 4. The van der Waals surface area contributed by atoms with E-state index in [0.29, 0.717) is 38.6 Å². The first-order chi connectivity index (χ1) is 23.1. The Kier molecular flexibility index (Phi) is 8.96. The third-order valence-corrected chi connectivity index (χ3v) is 16.2. The topological polar surface area (TPSA) is 182 Å². The SMILES string of the molecule is CC(C)[C@@H](C)[C@@]1(C)CC[C@]2(C)[C@H]3CC[C@H]4C5(C)COC[C@@]4(C[C@@H](n4nc(N)c(C(N)=O)n4)[C@@H]5OC[C@](C)(N)C(C)C)C3=CC[C@@]2(C)[C@@H]1C(=O)O. The number of nitrogens with zero attached hydrogens (tertiary/aromatic N) is 3. The van der Waals surface area contributed by atoms with Gasteiger partial charge in [0, 0.05) is 16.4 Å². The summed E-state index contributed by atoms with van der Waals surface area (Å²) in [7, 11) is 0. The van der Waals surface area contributed by atoms with Crippen molar-refractivity contribution in [2.45, 2.75) is 125 Å². The first-order valence-corrected chi connectivity index (χ1v) is 19.0. The highest BCUT2D eigenvalue weighted by Crippen LogP contribution is 2.75. The summed E-state index contributed by atoms with van der Waals surface area (Å²) in [4.78, 5) is 27.4. The van der Waals surface area contributed by atoms with Crippen molar-refractivity contribution in [2.75, 3.05) is 25.6 Å². The number of rotatable bonds is 9. The molecule has 1 saturated heterocycles. The molecule has 50 heavy (non-hydrogen) atoms. The van der Waals surface area contributed by atoms with E-state index in [1.165, 1.54) is 5.57 Å². The van der Waals surface area contributed by atoms with Gasteiger partial charge in [-0.2, -0.15) is 4.80 Å². The Labute approximate surface area is 298 Å². The van der Waals surface area contributed by atoms with Crippen molar-refractivity contribution in [3.63, 3.8) is 0 Å². The normalized spacial score (nSPS) is 42.9. The second-order valence-electron chi connectivity index (χ2n) is 19.1. The average Bonchev–Trinajstić information content (AvgIpc) is 3.41. The van der Waals surface area contributed by atoms with Gasteiger partial charge in [0.05, 0.1) is 37.9 Å². The van der Waals surface area contributed by atoms with E-state index < -0.39 is 34.2 Å². The number of carbonyl (C=O) groups excluding carboxylic acids is 1. The van der Waals surface area contributed by atoms with Gasteiger partial charge < -0.3 is 31.8 Å². The number of aromatic nitrogens is 3. The maximum absolute atomic E-state index is 13.5. The van der Waals surface area contributed by atoms with Crippen LogP contribution in [0.25, 0.3) is 0 Å². The van der Waals surface area contributed by atoms with Crippen molar-refractivity contribution in [3.8, 4) is 0 Å². The molecule has 4 aliphatic carbocycles. The minimum Gasteiger partial charge on any atom is -0.481 e. The van der Waals surface area contributed by atoms with Crippen LogP contribution in [0.4, 0.5) is 5.82 Å². The lowest BCUT2D eigenvalue weighted by molar-refractivity contribution is -0.253. The molecule has 280 valence electrons. The molecule has 0 aromatic carbocycles. The van der Waals surface area contributed by atoms with E-state index in [-0.39, 0.29) is 63.6 Å². The lowest BCUT2D eigenvalue weighted by atomic mass is 9.34. The summed E-state index contributed by atoms with van der Waals surface area (Å²) in [5.74, 6) is -0.497. The maximum Gasteiger partial charge on any atom is 0.307 e. The Hall–Kier alpha value is -2.50. The van der Waals surface area contributed by atoms with Crippen LogP contribution in [0.3, 0.4) is 0 Å². The second-order valence-corrected chi connectivity index (χ2v) is 19.1. The number of fused-ring (bicyclic) bond motifs is 3. The summed E-state index contributed by atoms with van der Waals surface area (Å²) in [6.07, 6.45) is 7.29. The molecule has 12 atom stereocenters. The van der Waals surface area contributed by atoms with Gasteiger partial charge in [-0.1, -0.05) is 74.0 Å². The number of allylic oxidation sites excluding steroid dienone is 1. The fraction of sp³-hybridized carbons (Fsp3) is 0.846. The molecule has 11 heteroatoms. The van der Waals surface area contributed by atoms with Gasteiger partial charge >= 0.3 is 5.97 Å². The molecule has 5 aliphatic rings. The summed E-state index contributed by atoms with van der Waals surface area (Å²) in [6.45, 7) is 23.6. The Balaban J connectivity index is 1.47. The zero-order chi connectivity index (χ0) is 37.0. The van der Waals surface area contributed by atoms with E-state index in [2.05, 4.69) is 78.6 Å². The van der Waals surface area contributed by atoms with Crippen LogP contribution >= 0.6 is 0 Å². The molecule has 1 aromatic heterocycles. The minimum atomic E-state index is -0.717. The monoisotopic (exact) mass is 696 g/mol. The molecular weight excluding hydrogens is 632 g/mol. The van der Waals surface area contributed by atoms with Crippen molar-refractivity contribution < 1.29 is 24.2 Å². The Bertz CT molecular complexity index is 1550. The molecule has 4 fully saturated rings. The van der Waals surface area contributed by atoms with Crippen LogP contribution in [0.5, 0.6) is 0 Å². The number of nitrogen functional groups attached to an aromatic ring is 1. The van der Waals surface area contributed by atoms with Crippen LogP contribution in [0.2, 0.25) is 0 Å². The number of anilines is 1. The molecule has 6 rings (SSSR count). The summed E-state index contributed by atoms with van der Waals surface area (Å²) >= 11 is 0. The number of carboxylic acid groups (broad SMARTS) is 1. The molecule has 0 spiro atoms. The number of ether oxygens (including phenoxy) is 2. The number of hydrogen-bond acceptors (Lipinski definition) is 8. The standard InChI is InChI=1S/C39H64N6O5/c1-21(2)23(5)34(6)15-16-36(8)24-11-12-27-35(7)18-49-20-39(27,25(24)13-14-37(36,9)29(34)33(47)48)17-26(30(35)50-19-38(10,42)22(3)4)45-43-28(32(41)46)31(40)44-45/h13,21-24,26-27,29-30H,11-12,14-20,42H2,1-10H3,(H2,40,44)(H2,41,46)(H,47,48)/t23-,24+,26-,27+,29-,30+,34-,35?,36-,37+,38+,39+/m1/s1. The van der Waals surface area contributed by atoms with Crippen LogP contribution in [-0.2, 0) is 14.3 Å². The van der Waals surface area contributed by atoms with Crippen LogP contribution in [0, 0.1) is 62.6 Å². The van der Waals surface area contributed by atoms with Crippen molar-refractivity contribution in [2.24, 2.45) is 74.0 Å². The average molecular weight is 697 g/mol. The van der Waals surface area contributed by atoms with E-state index in [1.807, 2.05) is 6.92 Å². The smallest absolute Gasteiger partial charge is 0.307 e. The first kappa shape index (κ1) is 37.3. The summed E-state index contributed by atoms with van der Waals surface area (Å²) in [5.41, 5.74) is 17.8. The van der Waals surface area contributed by atoms with Gasteiger partial charge in [0.1, 0.15) is 0 Å². The molecule has 1 aromatic rings. The molecule has 0 radical (unpaired) electrons. The highest BCUT2D eigenvalue weighted by Gasteiger charge is 2.72. The first-order valence-electron chi connectivity index (χ1n) is 19.0. The van der Waals surface area contributed by atoms with E-state index in [9.17, 15) is 14.7 Å². The molecule has 11 nitrogen and oxygen atoms in total. The Morgan fingerprint density at radius 2 is 1.76 bits per heavy atom. The number of aliphatic carboxylic acids is 1. The number of primary amides is 1. The maximum atomic E-state index is 13.5. The van der Waals surface area contributed by atoms with Gasteiger partial charge in [-0.25, -0.2) is 0 Å². The lowest BCUT2D eigenvalue weighted by Crippen LogP contribution is -2.69. The molecule has 3 saturated carbocycles. The van der Waals surface area contributed by atoms with Gasteiger partial charge in [0.15, 0.2) is 11.5 Å². The third kappa shape index (κ3) is 5.06. The molecule has 1 unspecified atom stereocenters. The van der Waals surface area contributed by atoms with Gasteiger partial charge in [-0.3, -0.25) is 9.59 Å². The number of amides is 1. The number of nitrogens with two attached hydrogens (primary N) is 3. The Morgan fingerprint density at radius 3 is 2.34 bits per heavy atom. The minimum absolute atomic E-state index is 0.00977. The van der Waals surface area contributed by atoms with E-state index in [0.717, 1.165) is 25.7 Å². The quantitative estimate of drug-likeness (QED) is 0.230.